The Bertz CT molecular complexity index is 634. The lowest BCUT2D eigenvalue weighted by molar-refractivity contribution is -0.120. The van der Waals surface area contributed by atoms with Gasteiger partial charge in [0.1, 0.15) is 5.03 Å². The van der Waals surface area contributed by atoms with Crippen LogP contribution in [0.4, 0.5) is 10.5 Å². The molecule has 1 aromatic rings. The summed E-state index contributed by atoms with van der Waals surface area (Å²) in [5, 5.41) is 6.64. The quantitative estimate of drug-likeness (QED) is 0.814. The fraction of sp³-hybridized carbons (Fsp3) is 0.611. The number of aryl methyl sites for hydroxylation is 2. The van der Waals surface area contributed by atoms with Crippen LogP contribution in [0.2, 0.25) is 0 Å². The Hall–Kier alpha value is -1.76. The van der Waals surface area contributed by atoms with Crippen molar-refractivity contribution in [2.24, 2.45) is 5.92 Å². The number of urea groups is 1. The number of thioether (sulfide) groups is 1. The topological polar surface area (TPSA) is 74.3 Å². The number of carbonyl (C=O) groups excluding carboxylic acids is 2. The van der Waals surface area contributed by atoms with Gasteiger partial charge in [0.25, 0.3) is 0 Å². The summed E-state index contributed by atoms with van der Waals surface area (Å²) in [5.74, 6) is 1.37. The van der Waals surface area contributed by atoms with Crippen LogP contribution in [-0.4, -0.2) is 42.3 Å². The maximum Gasteiger partial charge on any atom is 0.322 e. The molecule has 0 radical (unpaired) electrons. The highest BCUT2D eigenvalue weighted by atomic mass is 32.2. The lowest BCUT2D eigenvalue weighted by Crippen LogP contribution is -2.44. The van der Waals surface area contributed by atoms with E-state index in [-0.39, 0.29) is 11.9 Å². The van der Waals surface area contributed by atoms with Crippen LogP contribution in [0.25, 0.3) is 0 Å². The van der Waals surface area contributed by atoms with Gasteiger partial charge in [0.05, 0.1) is 5.69 Å². The molecular weight excluding hydrogens is 336 g/mol. The van der Waals surface area contributed by atoms with Gasteiger partial charge >= 0.3 is 6.03 Å². The van der Waals surface area contributed by atoms with Gasteiger partial charge in [-0.2, -0.15) is 0 Å². The number of rotatable bonds is 6. The molecule has 3 amide bonds. The molecule has 0 spiro atoms. The molecule has 138 valence electrons. The molecule has 2 N–H and O–H groups in total. The monoisotopic (exact) mass is 364 g/mol. The molecule has 0 aromatic carbocycles. The Morgan fingerprint density at radius 1 is 1.28 bits per heavy atom. The summed E-state index contributed by atoms with van der Waals surface area (Å²) in [6.45, 7) is 9.89. The molecule has 0 bridgehead atoms. The highest BCUT2D eigenvalue weighted by molar-refractivity contribution is 7.99. The van der Waals surface area contributed by atoms with E-state index in [2.05, 4.69) is 29.5 Å². The smallest absolute Gasteiger partial charge is 0.322 e. The van der Waals surface area contributed by atoms with Crippen molar-refractivity contribution in [1.29, 1.82) is 0 Å². The number of anilines is 1. The van der Waals surface area contributed by atoms with Gasteiger partial charge < -0.3 is 10.6 Å². The first-order valence-corrected chi connectivity index (χ1v) is 9.80. The summed E-state index contributed by atoms with van der Waals surface area (Å²) < 4.78 is 0. The molecule has 25 heavy (non-hydrogen) atoms. The van der Waals surface area contributed by atoms with E-state index in [0.717, 1.165) is 34.1 Å². The SMILES string of the molecule is Cc1cc(C)c2c(n1)SCCN2C(=O)NCCC(=O)NCCC(C)C. The van der Waals surface area contributed by atoms with Gasteiger partial charge in [0.15, 0.2) is 0 Å². The zero-order chi connectivity index (χ0) is 18.4. The van der Waals surface area contributed by atoms with Gasteiger partial charge in [-0.1, -0.05) is 13.8 Å². The number of hydrogen-bond donors (Lipinski definition) is 2. The molecule has 0 aliphatic carbocycles. The second kappa shape index (κ2) is 9.08. The molecule has 0 fully saturated rings. The van der Waals surface area contributed by atoms with E-state index in [0.29, 0.717) is 32.0 Å². The number of nitrogens with zero attached hydrogens (tertiary/aromatic N) is 2. The van der Waals surface area contributed by atoms with Crippen LogP contribution >= 0.6 is 11.8 Å². The summed E-state index contributed by atoms with van der Waals surface area (Å²) in [5.41, 5.74) is 2.90. The first-order chi connectivity index (χ1) is 11.9. The number of fused-ring (bicyclic) bond motifs is 1. The van der Waals surface area contributed by atoms with E-state index in [1.165, 1.54) is 0 Å². The summed E-state index contributed by atoms with van der Waals surface area (Å²) in [6, 6.07) is 1.83. The zero-order valence-corrected chi connectivity index (χ0v) is 16.3. The van der Waals surface area contributed by atoms with Crippen LogP contribution in [0.1, 0.15) is 37.9 Å². The maximum atomic E-state index is 12.5. The number of nitrogens with one attached hydrogen (secondary N) is 2. The average Bonchev–Trinajstić information content (AvgIpc) is 2.53. The van der Waals surface area contributed by atoms with Crippen molar-refractivity contribution in [2.75, 3.05) is 30.3 Å². The Kier molecular flexibility index (Phi) is 7.11. The predicted molar refractivity (Wildman–Crippen MR) is 102 cm³/mol. The van der Waals surface area contributed by atoms with Crippen molar-refractivity contribution in [2.45, 2.75) is 45.6 Å². The minimum atomic E-state index is -0.162. The summed E-state index contributed by atoms with van der Waals surface area (Å²) in [6.07, 6.45) is 1.26. The number of aromatic nitrogens is 1. The van der Waals surface area contributed by atoms with E-state index in [1.807, 2.05) is 19.9 Å². The molecule has 6 nitrogen and oxygen atoms in total. The van der Waals surface area contributed by atoms with E-state index >= 15 is 0 Å². The highest BCUT2D eigenvalue weighted by Gasteiger charge is 2.26. The minimum Gasteiger partial charge on any atom is -0.356 e. The fourth-order valence-electron chi connectivity index (χ4n) is 2.74. The predicted octanol–water partition coefficient (Wildman–Crippen LogP) is 2.87. The molecule has 1 aliphatic heterocycles. The number of carbonyl (C=O) groups is 2. The Labute approximate surface area is 154 Å². The normalized spacial score (nSPS) is 13.6. The average molecular weight is 365 g/mol. The van der Waals surface area contributed by atoms with Crippen molar-refractivity contribution < 1.29 is 9.59 Å². The van der Waals surface area contributed by atoms with Crippen molar-refractivity contribution in [1.82, 2.24) is 15.6 Å². The molecular formula is C18H28N4O2S. The second-order valence-electron chi connectivity index (χ2n) is 6.75. The molecule has 0 atom stereocenters. The van der Waals surface area contributed by atoms with Crippen molar-refractivity contribution in [3.05, 3.63) is 17.3 Å². The standard InChI is InChI=1S/C18H28N4O2S/c1-12(2)5-7-19-15(23)6-8-20-18(24)22-9-10-25-17-16(22)13(3)11-14(4)21-17/h11-12H,5-10H2,1-4H3,(H,19,23)(H,20,24). The molecule has 2 heterocycles. The lowest BCUT2D eigenvalue weighted by Gasteiger charge is -2.30. The van der Waals surface area contributed by atoms with Gasteiger partial charge in [-0.15, -0.1) is 11.8 Å². The number of pyridine rings is 1. The Morgan fingerprint density at radius 2 is 2.04 bits per heavy atom. The van der Waals surface area contributed by atoms with Gasteiger partial charge in [-0.25, -0.2) is 9.78 Å². The van der Waals surface area contributed by atoms with Crippen LogP contribution in [0, 0.1) is 19.8 Å². The Morgan fingerprint density at radius 3 is 2.76 bits per heavy atom. The second-order valence-corrected chi connectivity index (χ2v) is 7.83. The van der Waals surface area contributed by atoms with Crippen LogP contribution in [0.15, 0.2) is 11.1 Å². The summed E-state index contributed by atoms with van der Waals surface area (Å²) in [7, 11) is 0. The summed E-state index contributed by atoms with van der Waals surface area (Å²) in [4.78, 5) is 30.6. The molecule has 2 rings (SSSR count). The van der Waals surface area contributed by atoms with Gasteiger partial charge in [-0.3, -0.25) is 9.69 Å². The molecule has 1 aliphatic rings. The van der Waals surface area contributed by atoms with Crippen LogP contribution < -0.4 is 15.5 Å². The third-order valence-electron chi connectivity index (χ3n) is 4.02. The summed E-state index contributed by atoms with van der Waals surface area (Å²) >= 11 is 1.68. The first kappa shape index (κ1) is 19.6. The molecule has 0 saturated carbocycles. The van der Waals surface area contributed by atoms with Crippen LogP contribution in [-0.2, 0) is 4.79 Å². The lowest BCUT2D eigenvalue weighted by atomic mass is 10.1. The molecule has 7 heteroatoms. The third kappa shape index (κ3) is 5.63. The third-order valence-corrected chi connectivity index (χ3v) is 4.97. The molecule has 0 unspecified atom stereocenters. The fourth-order valence-corrected chi connectivity index (χ4v) is 3.82. The van der Waals surface area contributed by atoms with E-state index in [9.17, 15) is 9.59 Å². The largest absolute Gasteiger partial charge is 0.356 e. The van der Waals surface area contributed by atoms with Crippen molar-refractivity contribution >= 4 is 29.4 Å². The van der Waals surface area contributed by atoms with Gasteiger partial charge in [0.2, 0.25) is 5.91 Å². The number of hydrogen-bond acceptors (Lipinski definition) is 4. The van der Waals surface area contributed by atoms with Crippen molar-refractivity contribution in [3.8, 4) is 0 Å². The minimum absolute atomic E-state index is 0.0241. The van der Waals surface area contributed by atoms with Crippen LogP contribution in [0.3, 0.4) is 0 Å². The van der Waals surface area contributed by atoms with Crippen molar-refractivity contribution in [3.63, 3.8) is 0 Å². The van der Waals surface area contributed by atoms with Gasteiger partial charge in [0, 0.05) is 37.5 Å². The Balaban J connectivity index is 1.86. The zero-order valence-electron chi connectivity index (χ0n) is 15.5. The number of amides is 3. The molecule has 1 aromatic heterocycles. The highest BCUT2D eigenvalue weighted by Crippen LogP contribution is 2.36. The molecule has 0 saturated heterocycles. The first-order valence-electron chi connectivity index (χ1n) is 8.81. The van der Waals surface area contributed by atoms with E-state index in [4.69, 9.17) is 0 Å². The van der Waals surface area contributed by atoms with Gasteiger partial charge in [-0.05, 0) is 37.8 Å². The van der Waals surface area contributed by atoms with E-state index in [1.54, 1.807) is 16.7 Å². The maximum absolute atomic E-state index is 12.5. The van der Waals surface area contributed by atoms with E-state index < -0.39 is 0 Å². The van der Waals surface area contributed by atoms with Crippen LogP contribution in [0.5, 0.6) is 0 Å².